The van der Waals surface area contributed by atoms with Crippen molar-refractivity contribution in [2.75, 3.05) is 43.9 Å². The molecule has 1 fully saturated rings. The summed E-state index contributed by atoms with van der Waals surface area (Å²) < 4.78 is 79.2. The van der Waals surface area contributed by atoms with Gasteiger partial charge < -0.3 is 15.0 Å². The summed E-state index contributed by atoms with van der Waals surface area (Å²) in [5.74, 6) is -1.95. The van der Waals surface area contributed by atoms with Crippen LogP contribution in [0.25, 0.3) is 22.0 Å². The summed E-state index contributed by atoms with van der Waals surface area (Å²) in [4.78, 5) is 19.2. The monoisotopic (exact) mass is 546 g/mol. The number of ether oxygens (including phenoxy) is 1. The lowest BCUT2D eigenvalue weighted by atomic mass is 9.95. The zero-order valence-electron chi connectivity index (χ0n) is 18.9. The van der Waals surface area contributed by atoms with E-state index in [2.05, 4.69) is 10.3 Å². The predicted octanol–water partition coefficient (Wildman–Crippen LogP) is 4.54. The molecule has 1 aromatic heterocycles. The van der Waals surface area contributed by atoms with Crippen LogP contribution in [0.2, 0.25) is 5.02 Å². The molecule has 6 nitrogen and oxygen atoms in total. The van der Waals surface area contributed by atoms with Crippen molar-refractivity contribution < 1.29 is 26.7 Å². The molecule has 3 heterocycles. The first-order valence-electron chi connectivity index (χ1n) is 11.0. The molecule has 0 aliphatic carbocycles. The second-order valence-corrected chi connectivity index (χ2v) is 9.94. The van der Waals surface area contributed by atoms with Crippen LogP contribution < -0.4 is 15.9 Å². The van der Waals surface area contributed by atoms with E-state index in [1.165, 1.54) is 11.7 Å². The molecule has 2 aliphatic rings. The Hall–Kier alpha value is -2.41. The van der Waals surface area contributed by atoms with Gasteiger partial charge in [0.15, 0.2) is 0 Å². The lowest BCUT2D eigenvalue weighted by Gasteiger charge is -2.30. The Balaban J connectivity index is 1.94. The quantitative estimate of drug-likeness (QED) is 0.384. The topological polar surface area (TPSA) is 59.4 Å². The van der Waals surface area contributed by atoms with Crippen molar-refractivity contribution in [2.24, 2.45) is 0 Å². The summed E-state index contributed by atoms with van der Waals surface area (Å²) >= 11 is 6.89. The van der Waals surface area contributed by atoms with Crippen LogP contribution >= 0.6 is 23.4 Å². The Labute approximate surface area is 211 Å². The highest BCUT2D eigenvalue weighted by Crippen LogP contribution is 2.49. The van der Waals surface area contributed by atoms with Gasteiger partial charge in [-0.3, -0.25) is 4.57 Å². The minimum absolute atomic E-state index is 0.0387. The maximum absolute atomic E-state index is 15.0. The van der Waals surface area contributed by atoms with Crippen molar-refractivity contribution in [3.8, 4) is 11.1 Å². The summed E-state index contributed by atoms with van der Waals surface area (Å²) in [6.07, 6.45) is -5.42. The third-order valence-corrected chi connectivity index (χ3v) is 7.85. The van der Waals surface area contributed by atoms with Gasteiger partial charge in [0.1, 0.15) is 17.5 Å². The van der Waals surface area contributed by atoms with Crippen molar-refractivity contribution in [1.82, 2.24) is 14.9 Å². The fourth-order valence-corrected chi connectivity index (χ4v) is 6.08. The minimum atomic E-state index is -4.90. The van der Waals surface area contributed by atoms with Gasteiger partial charge >= 0.3 is 11.9 Å². The van der Waals surface area contributed by atoms with Gasteiger partial charge in [0.05, 0.1) is 28.8 Å². The van der Waals surface area contributed by atoms with Gasteiger partial charge in [0.2, 0.25) is 0 Å². The maximum atomic E-state index is 15.0. The van der Waals surface area contributed by atoms with Crippen molar-refractivity contribution in [3.05, 3.63) is 50.9 Å². The third-order valence-electron chi connectivity index (χ3n) is 6.33. The van der Waals surface area contributed by atoms with Gasteiger partial charge in [-0.25, -0.2) is 13.6 Å². The molecule has 1 atom stereocenters. The zero-order chi connectivity index (χ0) is 25.8. The second kappa shape index (κ2) is 9.47. The van der Waals surface area contributed by atoms with Crippen molar-refractivity contribution in [2.45, 2.75) is 23.7 Å². The second-order valence-electron chi connectivity index (χ2n) is 8.50. The van der Waals surface area contributed by atoms with Gasteiger partial charge in [0, 0.05) is 66.5 Å². The summed E-state index contributed by atoms with van der Waals surface area (Å²) in [6, 6.07) is 2.21. The number of benzene rings is 2. The zero-order valence-corrected chi connectivity index (χ0v) is 20.5. The molecule has 0 spiro atoms. The Morgan fingerprint density at radius 3 is 2.56 bits per heavy atom. The van der Waals surface area contributed by atoms with E-state index in [1.807, 2.05) is 0 Å². The summed E-state index contributed by atoms with van der Waals surface area (Å²) in [5.41, 5.74) is -2.57. The number of rotatable bonds is 3. The first-order chi connectivity index (χ1) is 17.1. The Bertz CT molecular complexity index is 1410. The summed E-state index contributed by atoms with van der Waals surface area (Å²) in [6.45, 7) is 2.09. The third kappa shape index (κ3) is 4.33. The van der Waals surface area contributed by atoms with Crippen LogP contribution in [0.1, 0.15) is 5.56 Å². The average Bonchev–Trinajstić information content (AvgIpc) is 3.04. The maximum Gasteiger partial charge on any atom is 0.417 e. The molecule has 36 heavy (non-hydrogen) atoms. The Morgan fingerprint density at radius 1 is 1.17 bits per heavy atom. The molecule has 1 saturated heterocycles. The molecule has 1 N–H and O–H groups in total. The molecule has 192 valence electrons. The molecule has 0 amide bonds. The van der Waals surface area contributed by atoms with Crippen molar-refractivity contribution >= 4 is 40.1 Å². The van der Waals surface area contributed by atoms with E-state index >= 15 is 4.39 Å². The highest BCUT2D eigenvalue weighted by molar-refractivity contribution is 7.99. The lowest BCUT2D eigenvalue weighted by molar-refractivity contribution is -0.137. The molecule has 3 aromatic rings. The number of aromatic nitrogens is 2. The minimum Gasteiger partial charge on any atom is -0.379 e. The van der Waals surface area contributed by atoms with Gasteiger partial charge in [-0.1, -0.05) is 11.6 Å². The van der Waals surface area contributed by atoms with Crippen LogP contribution in [0.3, 0.4) is 0 Å². The number of thioether (sulfide) groups is 1. The van der Waals surface area contributed by atoms with Gasteiger partial charge in [-0.15, -0.1) is 11.8 Å². The van der Waals surface area contributed by atoms with Crippen LogP contribution in [-0.4, -0.2) is 54.7 Å². The van der Waals surface area contributed by atoms with E-state index < -0.39 is 51.3 Å². The molecule has 5 rings (SSSR count). The first kappa shape index (κ1) is 25.2. The first-order valence-corrected chi connectivity index (χ1v) is 12.4. The standard InChI is InChI=1S/C23H20ClF5N4O2S/c1-35-11-9-33-19-13(21(31-22(33)34)32-4-2-30-3-5-32)6-14(23(27,28)29)18(20(19)36-10-11)12-7-15(24)17(26)8-16(12)25/h6-8,11,30H,2-5,9-10H2,1H3/t11-/m0/s1. The summed E-state index contributed by atoms with van der Waals surface area (Å²) in [7, 11) is 1.44. The van der Waals surface area contributed by atoms with E-state index in [-0.39, 0.29) is 33.9 Å². The van der Waals surface area contributed by atoms with Crippen LogP contribution in [0.4, 0.5) is 27.8 Å². The van der Waals surface area contributed by atoms with Gasteiger partial charge in [-0.05, 0) is 12.1 Å². The smallest absolute Gasteiger partial charge is 0.379 e. The normalized spacial score (nSPS) is 18.5. The number of nitrogens with one attached hydrogen (secondary N) is 1. The van der Waals surface area contributed by atoms with Gasteiger partial charge in [0.25, 0.3) is 0 Å². The molecule has 0 bridgehead atoms. The number of methoxy groups -OCH3 is 1. The number of anilines is 1. The SMILES string of the molecule is CO[C@@H]1CSc2c(-c3cc(Cl)c(F)cc3F)c(C(F)(F)F)cc3c(N4CCNCC4)nc(=O)n(c23)C1. The molecule has 13 heteroatoms. The molecular weight excluding hydrogens is 527 g/mol. The number of alkyl halides is 3. The van der Waals surface area contributed by atoms with E-state index in [1.54, 1.807) is 4.90 Å². The van der Waals surface area contributed by atoms with E-state index in [0.717, 1.165) is 23.9 Å². The Morgan fingerprint density at radius 2 is 1.89 bits per heavy atom. The van der Waals surface area contributed by atoms with E-state index in [0.29, 0.717) is 32.2 Å². The molecule has 0 unspecified atom stereocenters. The highest BCUT2D eigenvalue weighted by Gasteiger charge is 2.39. The molecule has 2 aromatic carbocycles. The van der Waals surface area contributed by atoms with Gasteiger partial charge in [-0.2, -0.15) is 18.2 Å². The Kier molecular flexibility index (Phi) is 6.64. The number of hydrogen-bond donors (Lipinski definition) is 1. The predicted molar refractivity (Wildman–Crippen MR) is 128 cm³/mol. The number of halogens is 6. The molecule has 2 aliphatic heterocycles. The van der Waals surface area contributed by atoms with Crippen molar-refractivity contribution in [1.29, 1.82) is 0 Å². The van der Waals surface area contributed by atoms with Crippen LogP contribution in [0.5, 0.6) is 0 Å². The van der Waals surface area contributed by atoms with Crippen molar-refractivity contribution in [3.63, 3.8) is 0 Å². The number of piperazine rings is 1. The van der Waals surface area contributed by atoms with Crippen LogP contribution in [-0.2, 0) is 17.5 Å². The molecule has 0 radical (unpaired) electrons. The van der Waals surface area contributed by atoms with Crippen LogP contribution in [0, 0.1) is 11.6 Å². The van der Waals surface area contributed by atoms with E-state index in [9.17, 15) is 22.4 Å². The van der Waals surface area contributed by atoms with Crippen LogP contribution in [0.15, 0.2) is 27.9 Å². The lowest BCUT2D eigenvalue weighted by Crippen LogP contribution is -2.45. The highest BCUT2D eigenvalue weighted by atomic mass is 35.5. The van der Waals surface area contributed by atoms with E-state index in [4.69, 9.17) is 16.3 Å². The average molecular weight is 547 g/mol. The summed E-state index contributed by atoms with van der Waals surface area (Å²) in [5, 5.41) is 2.77. The largest absolute Gasteiger partial charge is 0.417 e. The number of nitrogens with zero attached hydrogens (tertiary/aromatic N) is 3. The fraction of sp³-hybridized carbons (Fsp3) is 0.391. The molecular formula is C23H20ClF5N4O2S. The number of hydrogen-bond acceptors (Lipinski definition) is 6. The molecule has 0 saturated carbocycles. The fourth-order valence-electron chi connectivity index (χ4n) is 4.60.